The monoisotopic (exact) mass is 262 g/mol. The molecule has 4 nitrogen and oxygen atoms in total. The van der Waals surface area contributed by atoms with E-state index in [0.29, 0.717) is 18.4 Å². The predicted octanol–water partition coefficient (Wildman–Crippen LogP) is 2.40. The van der Waals surface area contributed by atoms with Crippen molar-refractivity contribution in [2.45, 2.75) is 31.2 Å². The fraction of sp³-hybridized carbons (Fsp3) is 0.429. The topological polar surface area (TPSA) is 62.1 Å². The van der Waals surface area contributed by atoms with Crippen molar-refractivity contribution in [1.29, 1.82) is 5.26 Å². The number of nitrogens with zero attached hydrogens (tertiary/aromatic N) is 1. The van der Waals surface area contributed by atoms with E-state index in [1.807, 2.05) is 0 Å². The number of nitriles is 1. The molecule has 0 heterocycles. The molecule has 5 heteroatoms. The van der Waals surface area contributed by atoms with Crippen molar-refractivity contribution >= 4 is 5.91 Å². The number of methoxy groups -OCH3 is 1. The van der Waals surface area contributed by atoms with Crippen molar-refractivity contribution in [3.8, 4) is 11.8 Å². The van der Waals surface area contributed by atoms with E-state index in [2.05, 4.69) is 11.4 Å². The molecule has 0 aromatic heterocycles. The molecular weight excluding hydrogens is 247 g/mol. The van der Waals surface area contributed by atoms with Gasteiger partial charge in [-0.2, -0.15) is 5.26 Å². The van der Waals surface area contributed by atoms with Crippen LogP contribution in [0.25, 0.3) is 0 Å². The molecule has 19 heavy (non-hydrogen) atoms. The summed E-state index contributed by atoms with van der Waals surface area (Å²) in [6.45, 7) is 0. The molecule has 1 aliphatic carbocycles. The zero-order valence-electron chi connectivity index (χ0n) is 10.7. The first-order valence-electron chi connectivity index (χ1n) is 6.17. The molecule has 1 N–H and O–H groups in total. The van der Waals surface area contributed by atoms with E-state index < -0.39 is 11.4 Å². The minimum Gasteiger partial charge on any atom is -0.494 e. The normalized spacial score (nSPS) is 16.7. The van der Waals surface area contributed by atoms with Crippen LogP contribution in [0, 0.1) is 17.1 Å². The summed E-state index contributed by atoms with van der Waals surface area (Å²) in [4.78, 5) is 12.1. The molecule has 1 fully saturated rings. The fourth-order valence-electron chi connectivity index (χ4n) is 2.33. The number of carbonyl (C=O) groups is 1. The van der Waals surface area contributed by atoms with Gasteiger partial charge in [0, 0.05) is 5.56 Å². The molecule has 0 bridgehead atoms. The summed E-state index contributed by atoms with van der Waals surface area (Å²) in [5, 5.41) is 12.0. The third-order valence-corrected chi connectivity index (χ3v) is 3.44. The lowest BCUT2D eigenvalue weighted by molar-refractivity contribution is 0.0920. The van der Waals surface area contributed by atoms with E-state index in [1.54, 1.807) is 0 Å². The first kappa shape index (κ1) is 13.3. The van der Waals surface area contributed by atoms with Crippen molar-refractivity contribution in [2.75, 3.05) is 7.11 Å². The van der Waals surface area contributed by atoms with Crippen LogP contribution < -0.4 is 10.1 Å². The highest BCUT2D eigenvalue weighted by Gasteiger charge is 2.35. The molecular formula is C14H15FN2O2. The van der Waals surface area contributed by atoms with Gasteiger partial charge in [-0.1, -0.05) is 0 Å². The summed E-state index contributed by atoms with van der Waals surface area (Å²) >= 11 is 0. The highest BCUT2D eigenvalue weighted by atomic mass is 19.1. The minimum atomic E-state index is -0.779. The fourth-order valence-corrected chi connectivity index (χ4v) is 2.33. The molecule has 2 rings (SSSR count). The standard InChI is InChI=1S/C14H15FN2O2/c1-19-12-8-10(4-5-11(12)15)13(18)17-14(9-16)6-2-3-7-14/h4-5,8H,2-3,6-7H2,1H3,(H,17,18). The summed E-state index contributed by atoms with van der Waals surface area (Å²) in [6, 6.07) is 6.08. The maximum Gasteiger partial charge on any atom is 0.252 e. The Labute approximate surface area is 111 Å². The Balaban J connectivity index is 2.18. The van der Waals surface area contributed by atoms with Crippen LogP contribution in [0.5, 0.6) is 5.75 Å². The Hall–Kier alpha value is -2.09. The van der Waals surface area contributed by atoms with Crippen molar-refractivity contribution in [3.63, 3.8) is 0 Å². The molecule has 0 spiro atoms. The predicted molar refractivity (Wildman–Crippen MR) is 67.2 cm³/mol. The molecule has 1 aromatic carbocycles. The molecule has 100 valence electrons. The Bertz CT molecular complexity index is 531. The van der Waals surface area contributed by atoms with Gasteiger partial charge >= 0.3 is 0 Å². The highest BCUT2D eigenvalue weighted by Crippen LogP contribution is 2.29. The third kappa shape index (κ3) is 2.68. The van der Waals surface area contributed by atoms with Gasteiger partial charge in [-0.25, -0.2) is 4.39 Å². The molecule has 0 saturated heterocycles. The number of hydrogen-bond acceptors (Lipinski definition) is 3. The van der Waals surface area contributed by atoms with Gasteiger partial charge < -0.3 is 10.1 Å². The van der Waals surface area contributed by atoms with Gasteiger partial charge in [-0.3, -0.25) is 4.79 Å². The summed E-state index contributed by atoms with van der Waals surface area (Å²) in [7, 11) is 1.34. The van der Waals surface area contributed by atoms with Gasteiger partial charge in [-0.15, -0.1) is 0 Å². The number of amides is 1. The molecule has 0 aliphatic heterocycles. The van der Waals surface area contributed by atoms with Crippen LogP contribution in [-0.2, 0) is 0 Å². The van der Waals surface area contributed by atoms with Crippen LogP contribution in [0.1, 0.15) is 36.0 Å². The second kappa shape index (κ2) is 5.27. The number of rotatable bonds is 3. The van der Waals surface area contributed by atoms with E-state index in [4.69, 9.17) is 4.74 Å². The number of ether oxygens (including phenoxy) is 1. The Morgan fingerprint density at radius 2 is 2.16 bits per heavy atom. The van der Waals surface area contributed by atoms with Crippen LogP contribution >= 0.6 is 0 Å². The third-order valence-electron chi connectivity index (χ3n) is 3.44. The minimum absolute atomic E-state index is 0.0186. The van der Waals surface area contributed by atoms with E-state index >= 15 is 0 Å². The summed E-state index contributed by atoms with van der Waals surface area (Å²) in [5.41, 5.74) is -0.488. The van der Waals surface area contributed by atoms with Gasteiger partial charge in [0.05, 0.1) is 13.2 Å². The Morgan fingerprint density at radius 3 is 2.74 bits per heavy atom. The number of nitrogens with one attached hydrogen (secondary N) is 1. The lowest BCUT2D eigenvalue weighted by atomic mass is 9.99. The number of carbonyl (C=O) groups excluding carboxylic acids is 1. The molecule has 1 saturated carbocycles. The lowest BCUT2D eigenvalue weighted by Gasteiger charge is -2.22. The molecule has 0 unspecified atom stereocenters. The summed E-state index contributed by atoms with van der Waals surface area (Å²) in [6.07, 6.45) is 3.18. The van der Waals surface area contributed by atoms with Crippen molar-refractivity contribution in [3.05, 3.63) is 29.6 Å². The van der Waals surface area contributed by atoms with Crippen LogP contribution in [0.4, 0.5) is 4.39 Å². The van der Waals surface area contributed by atoms with E-state index in [-0.39, 0.29) is 11.7 Å². The largest absolute Gasteiger partial charge is 0.494 e. The van der Waals surface area contributed by atoms with Crippen LogP contribution in [0.15, 0.2) is 18.2 Å². The average Bonchev–Trinajstić information content (AvgIpc) is 2.88. The van der Waals surface area contributed by atoms with Gasteiger partial charge in [0.2, 0.25) is 0 Å². The van der Waals surface area contributed by atoms with E-state index in [9.17, 15) is 14.4 Å². The van der Waals surface area contributed by atoms with Crippen LogP contribution in [-0.4, -0.2) is 18.6 Å². The maximum absolute atomic E-state index is 13.3. The second-order valence-corrected chi connectivity index (χ2v) is 4.70. The number of benzene rings is 1. The summed E-state index contributed by atoms with van der Waals surface area (Å²) in [5.74, 6) is -0.873. The van der Waals surface area contributed by atoms with Crippen molar-refractivity contribution in [1.82, 2.24) is 5.32 Å². The quantitative estimate of drug-likeness (QED) is 0.909. The second-order valence-electron chi connectivity index (χ2n) is 4.70. The van der Waals surface area contributed by atoms with E-state index in [1.165, 1.54) is 25.3 Å². The van der Waals surface area contributed by atoms with Gasteiger partial charge in [-0.05, 0) is 43.9 Å². The highest BCUT2D eigenvalue weighted by molar-refractivity contribution is 5.95. The number of halogens is 1. The van der Waals surface area contributed by atoms with Crippen LogP contribution in [0.3, 0.4) is 0 Å². The molecule has 0 radical (unpaired) electrons. The smallest absolute Gasteiger partial charge is 0.252 e. The zero-order chi connectivity index (χ0) is 13.9. The average molecular weight is 262 g/mol. The van der Waals surface area contributed by atoms with Gasteiger partial charge in [0.25, 0.3) is 5.91 Å². The lowest BCUT2D eigenvalue weighted by Crippen LogP contribution is -2.45. The molecule has 1 amide bonds. The Kier molecular flexibility index (Phi) is 3.70. The first-order valence-corrected chi connectivity index (χ1v) is 6.17. The Morgan fingerprint density at radius 1 is 1.47 bits per heavy atom. The van der Waals surface area contributed by atoms with Crippen molar-refractivity contribution < 1.29 is 13.9 Å². The molecule has 1 aromatic rings. The molecule has 0 atom stereocenters. The first-order chi connectivity index (χ1) is 9.10. The molecule has 1 aliphatic rings. The zero-order valence-corrected chi connectivity index (χ0v) is 10.7. The number of hydrogen-bond donors (Lipinski definition) is 1. The maximum atomic E-state index is 13.3. The summed E-state index contributed by atoms with van der Waals surface area (Å²) < 4.78 is 18.1. The van der Waals surface area contributed by atoms with Gasteiger partial charge in [0.1, 0.15) is 5.54 Å². The van der Waals surface area contributed by atoms with Gasteiger partial charge in [0.15, 0.2) is 11.6 Å². The van der Waals surface area contributed by atoms with Crippen LogP contribution in [0.2, 0.25) is 0 Å². The SMILES string of the molecule is COc1cc(C(=O)NC2(C#N)CCCC2)ccc1F. The van der Waals surface area contributed by atoms with E-state index in [0.717, 1.165) is 12.8 Å². The van der Waals surface area contributed by atoms with Crippen molar-refractivity contribution in [2.24, 2.45) is 0 Å².